The van der Waals surface area contributed by atoms with E-state index in [2.05, 4.69) is 5.32 Å². The van der Waals surface area contributed by atoms with Gasteiger partial charge in [-0.05, 0) is 44.2 Å². The van der Waals surface area contributed by atoms with Gasteiger partial charge in [0.25, 0.3) is 0 Å². The fraction of sp³-hybridized carbons (Fsp3) is 0.600. The van der Waals surface area contributed by atoms with Gasteiger partial charge in [-0.1, -0.05) is 12.5 Å². The van der Waals surface area contributed by atoms with Crippen LogP contribution in [-0.2, 0) is 0 Å². The van der Waals surface area contributed by atoms with Crippen molar-refractivity contribution in [2.24, 2.45) is 5.92 Å². The lowest BCUT2D eigenvalue weighted by molar-refractivity contribution is -0.385. The molecule has 116 valence electrons. The van der Waals surface area contributed by atoms with Crippen molar-refractivity contribution in [3.63, 3.8) is 0 Å². The van der Waals surface area contributed by atoms with Crippen LogP contribution in [0, 0.1) is 16.0 Å². The summed E-state index contributed by atoms with van der Waals surface area (Å²) in [6, 6.07) is 5.27. The summed E-state index contributed by atoms with van der Waals surface area (Å²) in [6.45, 7) is 2.35. The average Bonchev–Trinajstić information content (AvgIpc) is 2.87. The molecule has 1 aliphatic rings. The van der Waals surface area contributed by atoms with E-state index >= 15 is 0 Å². The predicted octanol–water partition coefficient (Wildman–Crippen LogP) is 2.96. The van der Waals surface area contributed by atoms with Crippen molar-refractivity contribution in [2.45, 2.75) is 38.6 Å². The summed E-state index contributed by atoms with van der Waals surface area (Å²) in [5.41, 5.74) is 0.495. The molecule has 1 aromatic carbocycles. The number of rotatable bonds is 7. The molecule has 0 aromatic heterocycles. The number of hydrogen-bond donors (Lipinski definition) is 2. The molecule has 6 nitrogen and oxygen atoms in total. The van der Waals surface area contributed by atoms with E-state index < -0.39 is 4.92 Å². The maximum atomic E-state index is 11.3. The summed E-state index contributed by atoms with van der Waals surface area (Å²) in [7, 11) is 0. The smallest absolute Gasteiger partial charge is 0.333 e. The van der Waals surface area contributed by atoms with Crippen LogP contribution < -0.4 is 10.1 Å². The Morgan fingerprint density at radius 2 is 2.29 bits per heavy atom. The molecule has 6 heteroatoms. The Kier molecular flexibility index (Phi) is 5.38. The molecule has 0 aliphatic heterocycles. The molecular formula is C15H22N2O4. The number of nitro benzene ring substituents is 1. The van der Waals surface area contributed by atoms with E-state index in [-0.39, 0.29) is 18.3 Å². The molecular weight excluding hydrogens is 272 g/mol. The van der Waals surface area contributed by atoms with Crippen LogP contribution in [0.3, 0.4) is 0 Å². The Hall–Kier alpha value is -1.82. The van der Waals surface area contributed by atoms with Gasteiger partial charge in [0.1, 0.15) is 5.69 Å². The molecule has 0 spiro atoms. The Morgan fingerprint density at radius 3 is 2.95 bits per heavy atom. The van der Waals surface area contributed by atoms with Gasteiger partial charge in [0, 0.05) is 12.6 Å². The Morgan fingerprint density at radius 1 is 1.48 bits per heavy atom. The van der Waals surface area contributed by atoms with Crippen LogP contribution in [0.5, 0.6) is 5.75 Å². The number of nitrogens with zero attached hydrogens (tertiary/aromatic N) is 1. The van der Waals surface area contributed by atoms with Gasteiger partial charge in [-0.15, -0.1) is 0 Å². The van der Waals surface area contributed by atoms with Crippen LogP contribution in [0.1, 0.15) is 32.6 Å². The molecule has 2 N–H and O–H groups in total. The highest BCUT2D eigenvalue weighted by Crippen LogP contribution is 2.38. The molecule has 0 heterocycles. The molecule has 2 atom stereocenters. The second-order valence-electron chi connectivity index (χ2n) is 5.30. The molecule has 21 heavy (non-hydrogen) atoms. The number of benzene rings is 1. The Labute approximate surface area is 124 Å². The molecule has 0 bridgehead atoms. The zero-order valence-corrected chi connectivity index (χ0v) is 12.2. The van der Waals surface area contributed by atoms with Gasteiger partial charge in [0.15, 0.2) is 5.75 Å². The number of nitrogens with one attached hydrogen (secondary N) is 1. The molecule has 0 radical (unpaired) electrons. The van der Waals surface area contributed by atoms with E-state index in [4.69, 9.17) is 9.84 Å². The zero-order chi connectivity index (χ0) is 15.2. The SMILES string of the molecule is CCOc1cccc(NC2CCCC2CCO)c1[N+](=O)[O-]. The summed E-state index contributed by atoms with van der Waals surface area (Å²) < 4.78 is 5.36. The van der Waals surface area contributed by atoms with Gasteiger partial charge >= 0.3 is 5.69 Å². The van der Waals surface area contributed by atoms with E-state index in [1.165, 1.54) is 0 Å². The molecule has 2 unspecified atom stereocenters. The molecule has 2 rings (SSSR count). The first-order valence-electron chi connectivity index (χ1n) is 7.45. The second-order valence-corrected chi connectivity index (χ2v) is 5.30. The first kappa shape index (κ1) is 15.6. The highest BCUT2D eigenvalue weighted by atomic mass is 16.6. The van der Waals surface area contributed by atoms with Crippen LogP contribution in [0.25, 0.3) is 0 Å². The quantitative estimate of drug-likeness (QED) is 0.596. The lowest BCUT2D eigenvalue weighted by atomic mass is 9.99. The van der Waals surface area contributed by atoms with Crippen LogP contribution in [-0.4, -0.2) is 29.3 Å². The molecule has 1 aromatic rings. The van der Waals surface area contributed by atoms with Gasteiger partial charge in [0.05, 0.1) is 11.5 Å². The van der Waals surface area contributed by atoms with E-state index in [9.17, 15) is 10.1 Å². The number of anilines is 1. The van der Waals surface area contributed by atoms with Crippen LogP contribution in [0.15, 0.2) is 18.2 Å². The number of ether oxygens (including phenoxy) is 1. The molecule has 0 amide bonds. The predicted molar refractivity (Wildman–Crippen MR) is 80.7 cm³/mol. The molecule has 0 saturated heterocycles. The third-order valence-corrected chi connectivity index (χ3v) is 3.98. The molecule has 1 saturated carbocycles. The Bertz CT molecular complexity index is 493. The average molecular weight is 294 g/mol. The maximum Gasteiger partial charge on any atom is 0.333 e. The minimum atomic E-state index is -0.399. The maximum absolute atomic E-state index is 11.3. The van der Waals surface area contributed by atoms with E-state index in [0.717, 1.165) is 25.7 Å². The molecule has 1 aliphatic carbocycles. The standard InChI is InChI=1S/C15H22N2O4/c1-2-21-14-8-4-7-13(15(14)17(19)20)16-12-6-3-5-11(12)9-10-18/h4,7-8,11-12,16,18H,2-3,5-6,9-10H2,1H3. The normalized spacial score (nSPS) is 21.2. The Balaban J connectivity index is 2.22. The largest absolute Gasteiger partial charge is 0.487 e. The van der Waals surface area contributed by atoms with Crippen molar-refractivity contribution in [2.75, 3.05) is 18.5 Å². The zero-order valence-electron chi connectivity index (χ0n) is 12.2. The summed E-state index contributed by atoms with van der Waals surface area (Å²) in [5, 5.41) is 23.7. The number of nitro groups is 1. The van der Waals surface area contributed by atoms with Gasteiger partial charge in [0.2, 0.25) is 0 Å². The van der Waals surface area contributed by atoms with E-state index in [1.54, 1.807) is 25.1 Å². The first-order valence-corrected chi connectivity index (χ1v) is 7.45. The van der Waals surface area contributed by atoms with Gasteiger partial charge in [-0.25, -0.2) is 0 Å². The monoisotopic (exact) mass is 294 g/mol. The highest BCUT2D eigenvalue weighted by molar-refractivity contribution is 5.68. The minimum Gasteiger partial charge on any atom is -0.487 e. The number of aliphatic hydroxyl groups is 1. The third-order valence-electron chi connectivity index (χ3n) is 3.98. The van der Waals surface area contributed by atoms with Crippen molar-refractivity contribution in [3.8, 4) is 5.75 Å². The lowest BCUT2D eigenvalue weighted by Gasteiger charge is -2.21. The summed E-state index contributed by atoms with van der Waals surface area (Å²) in [6.07, 6.45) is 3.84. The van der Waals surface area contributed by atoms with Crippen molar-refractivity contribution >= 4 is 11.4 Å². The van der Waals surface area contributed by atoms with Crippen molar-refractivity contribution in [3.05, 3.63) is 28.3 Å². The fourth-order valence-electron chi connectivity index (χ4n) is 3.04. The number of hydrogen-bond acceptors (Lipinski definition) is 5. The van der Waals surface area contributed by atoms with Gasteiger partial charge in [-0.3, -0.25) is 10.1 Å². The van der Waals surface area contributed by atoms with Gasteiger partial charge in [-0.2, -0.15) is 0 Å². The fourth-order valence-corrected chi connectivity index (χ4v) is 3.04. The van der Waals surface area contributed by atoms with Crippen LogP contribution >= 0.6 is 0 Å². The van der Waals surface area contributed by atoms with Crippen LogP contribution in [0.4, 0.5) is 11.4 Å². The second kappa shape index (κ2) is 7.26. The third kappa shape index (κ3) is 3.64. The van der Waals surface area contributed by atoms with E-state index in [0.29, 0.717) is 24.0 Å². The van der Waals surface area contributed by atoms with Crippen molar-refractivity contribution < 1.29 is 14.8 Å². The highest BCUT2D eigenvalue weighted by Gasteiger charge is 2.29. The first-order chi connectivity index (χ1) is 10.2. The van der Waals surface area contributed by atoms with E-state index in [1.807, 2.05) is 0 Å². The number of aliphatic hydroxyl groups excluding tert-OH is 1. The topological polar surface area (TPSA) is 84.6 Å². The van der Waals surface area contributed by atoms with Crippen LogP contribution in [0.2, 0.25) is 0 Å². The van der Waals surface area contributed by atoms with Crippen molar-refractivity contribution in [1.29, 1.82) is 0 Å². The molecule has 1 fully saturated rings. The number of para-hydroxylation sites is 1. The minimum absolute atomic E-state index is 0.00556. The lowest BCUT2D eigenvalue weighted by Crippen LogP contribution is -2.25. The summed E-state index contributed by atoms with van der Waals surface area (Å²) >= 11 is 0. The van der Waals surface area contributed by atoms with Gasteiger partial charge < -0.3 is 15.2 Å². The summed E-state index contributed by atoms with van der Waals surface area (Å²) in [4.78, 5) is 10.9. The summed E-state index contributed by atoms with van der Waals surface area (Å²) in [5.74, 6) is 0.662. The van der Waals surface area contributed by atoms with Crippen molar-refractivity contribution in [1.82, 2.24) is 0 Å².